The van der Waals surface area contributed by atoms with Crippen LogP contribution in [0.25, 0.3) is 0 Å². The number of hydrogen-bond acceptors (Lipinski definition) is 0. The Hall–Kier alpha value is 0. The number of rotatable bonds is 7. The molecule has 0 aliphatic heterocycles. The van der Waals surface area contributed by atoms with Crippen LogP contribution in [0.15, 0.2) is 0 Å². The fraction of sp³-hybridized carbons (Fsp3) is 1.00. The average molecular weight is 198 g/mol. The van der Waals surface area contributed by atoms with Crippen molar-refractivity contribution in [3.8, 4) is 0 Å². The third kappa shape index (κ3) is 4.48. The van der Waals surface area contributed by atoms with Gasteiger partial charge in [0.2, 0.25) is 0 Å². The molecule has 0 saturated carbocycles. The second kappa shape index (κ2) is 7.31. The highest BCUT2D eigenvalue weighted by Gasteiger charge is 2.23. The van der Waals surface area contributed by atoms with Crippen molar-refractivity contribution in [2.75, 3.05) is 0 Å². The van der Waals surface area contributed by atoms with Crippen molar-refractivity contribution >= 4 is 0 Å². The Kier molecular flexibility index (Phi) is 7.31. The normalized spacial score (nSPS) is 18.2. The average Bonchev–Trinajstić information content (AvgIpc) is 2.16. The van der Waals surface area contributed by atoms with Crippen LogP contribution < -0.4 is 0 Å². The van der Waals surface area contributed by atoms with Gasteiger partial charge >= 0.3 is 0 Å². The molecule has 0 radical (unpaired) electrons. The summed E-state index contributed by atoms with van der Waals surface area (Å²) in [7, 11) is 0. The first-order chi connectivity index (χ1) is 6.56. The number of hydrogen-bond donors (Lipinski definition) is 0. The van der Waals surface area contributed by atoms with Crippen molar-refractivity contribution in [2.24, 2.45) is 23.7 Å². The second-order valence-electron chi connectivity index (χ2n) is 5.26. The molecular weight excluding hydrogens is 168 g/mol. The summed E-state index contributed by atoms with van der Waals surface area (Å²) in [5, 5.41) is 0. The van der Waals surface area contributed by atoms with Gasteiger partial charge in [0.15, 0.2) is 0 Å². The van der Waals surface area contributed by atoms with E-state index < -0.39 is 0 Å². The van der Waals surface area contributed by atoms with E-state index in [0.717, 1.165) is 23.7 Å². The third-order valence-electron chi connectivity index (χ3n) is 3.75. The van der Waals surface area contributed by atoms with Crippen molar-refractivity contribution in [1.29, 1.82) is 0 Å². The molecule has 0 amide bonds. The zero-order valence-corrected chi connectivity index (χ0v) is 11.1. The van der Waals surface area contributed by atoms with Crippen LogP contribution in [0.2, 0.25) is 0 Å². The van der Waals surface area contributed by atoms with Gasteiger partial charge in [-0.05, 0) is 30.1 Å². The fourth-order valence-electron chi connectivity index (χ4n) is 2.75. The molecule has 0 heteroatoms. The SMILES string of the molecule is CCC(C)C(CC)C(CC)CC(C)C. The molecule has 0 aliphatic carbocycles. The van der Waals surface area contributed by atoms with Crippen LogP contribution in [0.1, 0.15) is 67.2 Å². The largest absolute Gasteiger partial charge is 0.0651 e. The van der Waals surface area contributed by atoms with Crippen molar-refractivity contribution < 1.29 is 0 Å². The second-order valence-corrected chi connectivity index (χ2v) is 5.26. The molecule has 0 nitrogen and oxygen atoms in total. The molecular formula is C14H30. The summed E-state index contributed by atoms with van der Waals surface area (Å²) in [6, 6.07) is 0. The van der Waals surface area contributed by atoms with E-state index in [-0.39, 0.29) is 0 Å². The maximum Gasteiger partial charge on any atom is -0.0363 e. The molecule has 0 fully saturated rings. The maximum absolute atomic E-state index is 2.43. The molecule has 14 heavy (non-hydrogen) atoms. The maximum atomic E-state index is 2.43. The first-order valence-corrected chi connectivity index (χ1v) is 6.56. The van der Waals surface area contributed by atoms with Crippen LogP contribution in [0.4, 0.5) is 0 Å². The predicted octanol–water partition coefficient (Wildman–Crippen LogP) is 5.13. The molecule has 0 spiro atoms. The minimum atomic E-state index is 0.859. The zero-order valence-electron chi connectivity index (χ0n) is 11.1. The molecule has 0 saturated heterocycles. The first kappa shape index (κ1) is 14.0. The van der Waals surface area contributed by atoms with Gasteiger partial charge in [-0.1, -0.05) is 60.8 Å². The van der Waals surface area contributed by atoms with Gasteiger partial charge in [-0.15, -0.1) is 0 Å². The zero-order chi connectivity index (χ0) is 11.1. The van der Waals surface area contributed by atoms with Gasteiger partial charge in [0.05, 0.1) is 0 Å². The monoisotopic (exact) mass is 198 g/mol. The lowest BCUT2D eigenvalue weighted by molar-refractivity contribution is 0.192. The van der Waals surface area contributed by atoms with Gasteiger partial charge in [0, 0.05) is 0 Å². The van der Waals surface area contributed by atoms with E-state index in [1.54, 1.807) is 0 Å². The Morgan fingerprint density at radius 3 is 1.64 bits per heavy atom. The smallest absolute Gasteiger partial charge is 0.0363 e. The summed E-state index contributed by atoms with van der Waals surface area (Å²) in [4.78, 5) is 0. The molecule has 0 aromatic rings. The summed E-state index contributed by atoms with van der Waals surface area (Å²) in [6.07, 6.45) is 5.48. The molecule has 0 aliphatic rings. The summed E-state index contributed by atoms with van der Waals surface area (Å²) < 4.78 is 0. The van der Waals surface area contributed by atoms with E-state index in [1.807, 2.05) is 0 Å². The van der Waals surface area contributed by atoms with Crippen LogP contribution in [0.3, 0.4) is 0 Å². The van der Waals surface area contributed by atoms with Gasteiger partial charge in [0.25, 0.3) is 0 Å². The standard InChI is InChI=1S/C14H30/c1-7-12(6)14(9-3)13(8-2)10-11(4)5/h11-14H,7-10H2,1-6H3. The van der Waals surface area contributed by atoms with Gasteiger partial charge in [-0.25, -0.2) is 0 Å². The summed E-state index contributed by atoms with van der Waals surface area (Å²) in [5.74, 6) is 3.67. The van der Waals surface area contributed by atoms with Gasteiger partial charge in [-0.3, -0.25) is 0 Å². The quantitative estimate of drug-likeness (QED) is 0.532. The topological polar surface area (TPSA) is 0 Å². The summed E-state index contributed by atoms with van der Waals surface area (Å²) >= 11 is 0. The molecule has 0 N–H and O–H groups in total. The summed E-state index contributed by atoms with van der Waals surface area (Å²) in [6.45, 7) is 14.2. The van der Waals surface area contributed by atoms with Crippen molar-refractivity contribution in [3.63, 3.8) is 0 Å². The minimum absolute atomic E-state index is 0.859. The summed E-state index contributed by atoms with van der Waals surface area (Å²) in [5.41, 5.74) is 0. The highest BCUT2D eigenvalue weighted by Crippen LogP contribution is 2.33. The first-order valence-electron chi connectivity index (χ1n) is 6.56. The Morgan fingerprint density at radius 2 is 1.36 bits per heavy atom. The van der Waals surface area contributed by atoms with E-state index >= 15 is 0 Å². The van der Waals surface area contributed by atoms with E-state index in [2.05, 4.69) is 41.5 Å². The lowest BCUT2D eigenvalue weighted by Gasteiger charge is -2.31. The fourth-order valence-corrected chi connectivity index (χ4v) is 2.75. The lowest BCUT2D eigenvalue weighted by Crippen LogP contribution is -2.22. The lowest BCUT2D eigenvalue weighted by atomic mass is 9.75. The van der Waals surface area contributed by atoms with E-state index in [1.165, 1.54) is 25.7 Å². The van der Waals surface area contributed by atoms with Crippen LogP contribution in [0.5, 0.6) is 0 Å². The molecule has 86 valence electrons. The van der Waals surface area contributed by atoms with Crippen molar-refractivity contribution in [1.82, 2.24) is 0 Å². The van der Waals surface area contributed by atoms with Crippen LogP contribution in [-0.2, 0) is 0 Å². The Balaban J connectivity index is 4.28. The van der Waals surface area contributed by atoms with E-state index in [4.69, 9.17) is 0 Å². The van der Waals surface area contributed by atoms with Crippen molar-refractivity contribution in [3.05, 3.63) is 0 Å². The molecule has 3 unspecified atom stereocenters. The van der Waals surface area contributed by atoms with Crippen LogP contribution in [-0.4, -0.2) is 0 Å². The minimum Gasteiger partial charge on any atom is -0.0651 e. The Bertz CT molecular complexity index is 126. The highest BCUT2D eigenvalue weighted by atomic mass is 14.3. The van der Waals surface area contributed by atoms with E-state index in [0.29, 0.717) is 0 Å². The molecule has 0 rings (SSSR count). The highest BCUT2D eigenvalue weighted by molar-refractivity contribution is 4.73. The molecule has 0 bridgehead atoms. The molecule has 0 aromatic carbocycles. The van der Waals surface area contributed by atoms with Crippen molar-refractivity contribution in [2.45, 2.75) is 67.2 Å². The van der Waals surface area contributed by atoms with Crippen LogP contribution in [0, 0.1) is 23.7 Å². The predicted molar refractivity (Wildman–Crippen MR) is 66.5 cm³/mol. The molecule has 3 atom stereocenters. The van der Waals surface area contributed by atoms with E-state index in [9.17, 15) is 0 Å². The van der Waals surface area contributed by atoms with Gasteiger partial charge in [-0.2, -0.15) is 0 Å². The Morgan fingerprint density at radius 1 is 0.786 bits per heavy atom. The molecule has 0 heterocycles. The Labute approximate surface area is 91.5 Å². The third-order valence-corrected chi connectivity index (χ3v) is 3.75. The molecule has 0 aromatic heterocycles. The van der Waals surface area contributed by atoms with Crippen LogP contribution >= 0.6 is 0 Å². The van der Waals surface area contributed by atoms with Gasteiger partial charge in [0.1, 0.15) is 0 Å². The van der Waals surface area contributed by atoms with Gasteiger partial charge < -0.3 is 0 Å².